The second kappa shape index (κ2) is 12.5. The molecule has 0 aliphatic heterocycles. The lowest BCUT2D eigenvalue weighted by molar-refractivity contribution is 1.18. The quantitative estimate of drug-likeness (QED) is 0.167. The molecule has 246 valence electrons. The standard InChI is InChI=1S/C51H32N2/c52-33-39-29-28-36(32-47(39)37-17-13-19-40(31-37)53-48-26-10-8-20-41(48)42-21-9-11-27-49(42)53)35-16-12-18-38(30-35)51-45-24-6-4-22-43(45)50(34-14-2-1-3-15-34)44-23-5-7-25-46(44)51/h1-32H. The van der Waals surface area contributed by atoms with Gasteiger partial charge in [0.05, 0.1) is 22.7 Å². The Morgan fingerprint density at radius 2 is 0.811 bits per heavy atom. The molecule has 0 aliphatic rings. The minimum Gasteiger partial charge on any atom is -0.309 e. The van der Waals surface area contributed by atoms with Gasteiger partial charge < -0.3 is 4.57 Å². The smallest absolute Gasteiger partial charge is 0.0998 e. The van der Waals surface area contributed by atoms with Gasteiger partial charge in [0.2, 0.25) is 0 Å². The molecule has 1 heterocycles. The van der Waals surface area contributed by atoms with E-state index in [0.29, 0.717) is 5.56 Å². The lowest BCUT2D eigenvalue weighted by atomic mass is 9.85. The number of nitrogens with zero attached hydrogens (tertiary/aromatic N) is 2. The molecule has 53 heavy (non-hydrogen) atoms. The molecule has 0 radical (unpaired) electrons. The van der Waals surface area contributed by atoms with Gasteiger partial charge in [-0.15, -0.1) is 0 Å². The summed E-state index contributed by atoms with van der Waals surface area (Å²) >= 11 is 0. The molecule has 0 spiro atoms. The third-order valence-corrected chi connectivity index (χ3v) is 10.6. The lowest BCUT2D eigenvalue weighted by Gasteiger charge is -2.18. The Morgan fingerprint density at radius 1 is 0.340 bits per heavy atom. The Labute approximate surface area is 308 Å². The van der Waals surface area contributed by atoms with E-state index in [1.807, 2.05) is 6.07 Å². The van der Waals surface area contributed by atoms with Crippen molar-refractivity contribution in [3.8, 4) is 56.3 Å². The summed E-state index contributed by atoms with van der Waals surface area (Å²) in [6, 6.07) is 71.5. The topological polar surface area (TPSA) is 28.7 Å². The second-order valence-corrected chi connectivity index (χ2v) is 13.6. The van der Waals surface area contributed by atoms with Crippen LogP contribution in [0.5, 0.6) is 0 Å². The Kier molecular flexibility index (Phi) is 7.23. The van der Waals surface area contributed by atoms with E-state index in [1.165, 1.54) is 49.0 Å². The average molecular weight is 673 g/mol. The fraction of sp³-hybridized carbons (Fsp3) is 0. The summed E-state index contributed by atoms with van der Waals surface area (Å²) in [5.41, 5.74) is 13.0. The van der Waals surface area contributed by atoms with E-state index in [9.17, 15) is 5.26 Å². The van der Waals surface area contributed by atoms with Gasteiger partial charge in [0, 0.05) is 22.0 Å². The van der Waals surface area contributed by atoms with Gasteiger partial charge in [0.1, 0.15) is 0 Å². The van der Waals surface area contributed by atoms with Crippen LogP contribution in [0.1, 0.15) is 5.56 Å². The summed E-state index contributed by atoms with van der Waals surface area (Å²) < 4.78 is 2.32. The highest BCUT2D eigenvalue weighted by Gasteiger charge is 2.18. The molecule has 0 fully saturated rings. The molecule has 0 bridgehead atoms. The van der Waals surface area contributed by atoms with E-state index in [1.54, 1.807) is 0 Å². The van der Waals surface area contributed by atoms with Crippen molar-refractivity contribution < 1.29 is 0 Å². The van der Waals surface area contributed by atoms with E-state index in [0.717, 1.165) is 44.5 Å². The summed E-state index contributed by atoms with van der Waals surface area (Å²) in [6.07, 6.45) is 0. The van der Waals surface area contributed by atoms with Crippen LogP contribution in [0.25, 0.3) is 93.5 Å². The van der Waals surface area contributed by atoms with Crippen LogP contribution in [0.2, 0.25) is 0 Å². The molecule has 9 aromatic carbocycles. The van der Waals surface area contributed by atoms with Crippen molar-refractivity contribution >= 4 is 43.4 Å². The fourth-order valence-corrected chi connectivity index (χ4v) is 8.28. The molecule has 10 rings (SSSR count). The molecule has 0 unspecified atom stereocenters. The highest BCUT2D eigenvalue weighted by molar-refractivity contribution is 6.21. The van der Waals surface area contributed by atoms with E-state index in [2.05, 4.69) is 199 Å². The highest BCUT2D eigenvalue weighted by Crippen LogP contribution is 2.44. The summed E-state index contributed by atoms with van der Waals surface area (Å²) in [6.45, 7) is 0. The number of para-hydroxylation sites is 2. The summed E-state index contributed by atoms with van der Waals surface area (Å²) in [4.78, 5) is 0. The van der Waals surface area contributed by atoms with Crippen molar-refractivity contribution in [1.82, 2.24) is 4.57 Å². The number of fused-ring (bicyclic) bond motifs is 5. The first kappa shape index (κ1) is 30.6. The number of aromatic nitrogens is 1. The van der Waals surface area contributed by atoms with Gasteiger partial charge in [-0.25, -0.2) is 0 Å². The SMILES string of the molecule is N#Cc1ccc(-c2cccc(-c3c4ccccc4c(-c4ccccc4)c4ccccc34)c2)cc1-c1cccc(-n2c3ccccc3c3ccccc32)c1. The molecule has 0 saturated heterocycles. The zero-order chi connectivity index (χ0) is 35.3. The molecule has 1 aromatic heterocycles. The van der Waals surface area contributed by atoms with Crippen LogP contribution < -0.4 is 0 Å². The van der Waals surface area contributed by atoms with Gasteiger partial charge in [-0.1, -0.05) is 152 Å². The molecule has 2 nitrogen and oxygen atoms in total. The molecule has 0 aliphatic carbocycles. The number of nitriles is 1. The molecule has 0 atom stereocenters. The van der Waals surface area contributed by atoms with Crippen molar-refractivity contribution in [1.29, 1.82) is 5.26 Å². The van der Waals surface area contributed by atoms with Crippen LogP contribution in [0.15, 0.2) is 194 Å². The maximum absolute atomic E-state index is 10.3. The largest absolute Gasteiger partial charge is 0.309 e. The van der Waals surface area contributed by atoms with Crippen LogP contribution in [-0.4, -0.2) is 4.57 Å². The van der Waals surface area contributed by atoms with E-state index in [-0.39, 0.29) is 0 Å². The number of hydrogen-bond donors (Lipinski definition) is 0. The molecule has 0 amide bonds. The zero-order valence-corrected chi connectivity index (χ0v) is 28.9. The number of benzene rings is 9. The minimum absolute atomic E-state index is 0.651. The Morgan fingerprint density at radius 3 is 1.43 bits per heavy atom. The molecule has 0 N–H and O–H groups in total. The Balaban J connectivity index is 1.12. The molecular weight excluding hydrogens is 641 g/mol. The van der Waals surface area contributed by atoms with Gasteiger partial charge in [-0.05, 0) is 103 Å². The van der Waals surface area contributed by atoms with E-state index < -0.39 is 0 Å². The predicted molar refractivity (Wildman–Crippen MR) is 222 cm³/mol. The van der Waals surface area contributed by atoms with E-state index >= 15 is 0 Å². The van der Waals surface area contributed by atoms with Gasteiger partial charge >= 0.3 is 0 Å². The van der Waals surface area contributed by atoms with E-state index in [4.69, 9.17) is 0 Å². The Hall–Kier alpha value is -7.21. The summed E-state index contributed by atoms with van der Waals surface area (Å²) in [5, 5.41) is 17.7. The summed E-state index contributed by atoms with van der Waals surface area (Å²) in [7, 11) is 0. The van der Waals surface area contributed by atoms with Crippen molar-refractivity contribution in [2.45, 2.75) is 0 Å². The van der Waals surface area contributed by atoms with Crippen molar-refractivity contribution in [2.75, 3.05) is 0 Å². The average Bonchev–Trinajstić information content (AvgIpc) is 3.57. The van der Waals surface area contributed by atoms with Crippen LogP contribution in [0.4, 0.5) is 0 Å². The van der Waals surface area contributed by atoms with Crippen LogP contribution in [0, 0.1) is 11.3 Å². The molecule has 0 saturated carbocycles. The zero-order valence-electron chi connectivity index (χ0n) is 28.9. The third-order valence-electron chi connectivity index (χ3n) is 10.6. The van der Waals surface area contributed by atoms with Crippen molar-refractivity contribution in [3.63, 3.8) is 0 Å². The van der Waals surface area contributed by atoms with Crippen molar-refractivity contribution in [3.05, 3.63) is 200 Å². The highest BCUT2D eigenvalue weighted by atomic mass is 15.0. The molecule has 10 aromatic rings. The van der Waals surface area contributed by atoms with Crippen LogP contribution >= 0.6 is 0 Å². The predicted octanol–water partition coefficient (Wildman–Crippen LogP) is 13.6. The first-order valence-electron chi connectivity index (χ1n) is 18.0. The van der Waals surface area contributed by atoms with Crippen LogP contribution in [-0.2, 0) is 0 Å². The normalized spacial score (nSPS) is 11.4. The molecular formula is C51H32N2. The maximum Gasteiger partial charge on any atom is 0.0998 e. The van der Waals surface area contributed by atoms with Gasteiger partial charge in [0.15, 0.2) is 0 Å². The van der Waals surface area contributed by atoms with Gasteiger partial charge in [0.25, 0.3) is 0 Å². The second-order valence-electron chi connectivity index (χ2n) is 13.6. The first-order chi connectivity index (χ1) is 26.3. The first-order valence-corrected chi connectivity index (χ1v) is 18.0. The maximum atomic E-state index is 10.3. The monoisotopic (exact) mass is 672 g/mol. The van der Waals surface area contributed by atoms with Gasteiger partial charge in [-0.3, -0.25) is 0 Å². The van der Waals surface area contributed by atoms with Crippen LogP contribution in [0.3, 0.4) is 0 Å². The third kappa shape index (κ3) is 5.02. The Bertz CT molecular complexity index is 2960. The number of hydrogen-bond acceptors (Lipinski definition) is 1. The lowest BCUT2D eigenvalue weighted by Crippen LogP contribution is -1.95. The minimum atomic E-state index is 0.651. The van der Waals surface area contributed by atoms with Crippen molar-refractivity contribution in [2.24, 2.45) is 0 Å². The fourth-order valence-electron chi connectivity index (χ4n) is 8.28. The number of rotatable bonds is 5. The summed E-state index contributed by atoms with van der Waals surface area (Å²) in [5.74, 6) is 0. The van der Waals surface area contributed by atoms with Gasteiger partial charge in [-0.2, -0.15) is 5.26 Å². The molecule has 2 heteroatoms.